The maximum absolute atomic E-state index is 12.5. The number of rotatable bonds is 8. The number of nitrogens with zero attached hydrogens (tertiary/aromatic N) is 1. The van der Waals surface area contributed by atoms with E-state index < -0.39 is 0 Å². The zero-order chi connectivity index (χ0) is 18.4. The summed E-state index contributed by atoms with van der Waals surface area (Å²) in [6.45, 7) is 7.04. The van der Waals surface area contributed by atoms with Gasteiger partial charge in [0.2, 0.25) is 5.91 Å². The van der Waals surface area contributed by atoms with Gasteiger partial charge in [0, 0.05) is 0 Å². The molecule has 1 aromatic carbocycles. The van der Waals surface area contributed by atoms with Crippen LogP contribution in [-0.2, 0) is 11.3 Å². The molecule has 5 heteroatoms. The minimum atomic E-state index is -0.0299. The Bertz CT molecular complexity index is 677. The number of carbonyl (C=O) groups is 1. The summed E-state index contributed by atoms with van der Waals surface area (Å²) >= 11 is 0. The second-order valence-electron chi connectivity index (χ2n) is 6.75. The van der Waals surface area contributed by atoms with Gasteiger partial charge in [-0.3, -0.25) is 9.69 Å². The number of ether oxygens (including phenoxy) is 1. The standard InChI is InChI=1S/C20H28N2O3/c1-14(2)20(16-7-10-17(24-5)11-8-16)21-19(23)13-22(4)12-18-9-6-15(3)25-18/h6-11,14,20H,12-13H2,1-5H3,(H,21,23). The SMILES string of the molecule is COc1ccc(C(NC(=O)CN(C)Cc2ccc(C)o2)C(C)C)cc1. The fourth-order valence-corrected chi connectivity index (χ4v) is 2.80. The molecule has 0 saturated heterocycles. The molecule has 136 valence electrons. The van der Waals surface area contributed by atoms with E-state index in [2.05, 4.69) is 19.2 Å². The molecule has 0 radical (unpaired) electrons. The van der Waals surface area contributed by atoms with Crippen molar-refractivity contribution in [1.29, 1.82) is 0 Å². The van der Waals surface area contributed by atoms with Crippen LogP contribution in [0.1, 0.15) is 37.0 Å². The van der Waals surface area contributed by atoms with Crippen LogP contribution in [0, 0.1) is 12.8 Å². The molecule has 0 aliphatic rings. The maximum atomic E-state index is 12.5. The highest BCUT2D eigenvalue weighted by molar-refractivity contribution is 5.78. The number of amides is 1. The number of benzene rings is 1. The number of furan rings is 1. The van der Waals surface area contributed by atoms with Crippen molar-refractivity contribution in [3.8, 4) is 5.75 Å². The molecule has 0 bridgehead atoms. The van der Waals surface area contributed by atoms with Crippen LogP contribution in [0.5, 0.6) is 5.75 Å². The molecule has 0 saturated carbocycles. The number of hydrogen-bond acceptors (Lipinski definition) is 4. The van der Waals surface area contributed by atoms with E-state index in [-0.39, 0.29) is 17.9 Å². The second-order valence-corrected chi connectivity index (χ2v) is 6.75. The van der Waals surface area contributed by atoms with Crippen molar-refractivity contribution in [2.24, 2.45) is 5.92 Å². The Hall–Kier alpha value is -2.27. The van der Waals surface area contributed by atoms with E-state index in [4.69, 9.17) is 9.15 Å². The number of nitrogens with one attached hydrogen (secondary N) is 1. The molecule has 0 fully saturated rings. The Labute approximate surface area is 150 Å². The van der Waals surface area contributed by atoms with Crippen molar-refractivity contribution in [3.63, 3.8) is 0 Å². The second kappa shape index (κ2) is 8.72. The lowest BCUT2D eigenvalue weighted by Crippen LogP contribution is -2.38. The molecule has 1 aromatic heterocycles. The number of likely N-dealkylation sites (N-methyl/N-ethyl adjacent to an activating group) is 1. The van der Waals surface area contributed by atoms with Crippen LogP contribution in [0.25, 0.3) is 0 Å². The average molecular weight is 344 g/mol. The summed E-state index contributed by atoms with van der Waals surface area (Å²) in [7, 11) is 3.56. The number of methoxy groups -OCH3 is 1. The van der Waals surface area contributed by atoms with Gasteiger partial charge in [0.15, 0.2) is 0 Å². The van der Waals surface area contributed by atoms with E-state index in [9.17, 15) is 4.79 Å². The summed E-state index contributed by atoms with van der Waals surface area (Å²) in [5.74, 6) is 2.84. The molecule has 0 spiro atoms. The summed E-state index contributed by atoms with van der Waals surface area (Å²) in [4.78, 5) is 14.4. The van der Waals surface area contributed by atoms with Crippen molar-refractivity contribution in [1.82, 2.24) is 10.2 Å². The summed E-state index contributed by atoms with van der Waals surface area (Å²) in [6.07, 6.45) is 0. The Kier molecular flexibility index (Phi) is 6.65. The van der Waals surface area contributed by atoms with Gasteiger partial charge in [0.25, 0.3) is 0 Å². The van der Waals surface area contributed by atoms with Gasteiger partial charge in [-0.1, -0.05) is 26.0 Å². The van der Waals surface area contributed by atoms with Crippen LogP contribution in [-0.4, -0.2) is 31.5 Å². The van der Waals surface area contributed by atoms with Crippen LogP contribution in [0.2, 0.25) is 0 Å². The summed E-state index contributed by atoms with van der Waals surface area (Å²) in [6, 6.07) is 11.7. The monoisotopic (exact) mass is 344 g/mol. The third-order valence-corrected chi connectivity index (χ3v) is 4.09. The van der Waals surface area contributed by atoms with Crippen LogP contribution in [0.3, 0.4) is 0 Å². The fourth-order valence-electron chi connectivity index (χ4n) is 2.80. The van der Waals surface area contributed by atoms with E-state index >= 15 is 0 Å². The Morgan fingerprint density at radius 1 is 1.20 bits per heavy atom. The Morgan fingerprint density at radius 3 is 2.40 bits per heavy atom. The smallest absolute Gasteiger partial charge is 0.234 e. The van der Waals surface area contributed by atoms with Gasteiger partial charge in [-0.2, -0.15) is 0 Å². The number of aryl methyl sites for hydroxylation is 1. The third kappa shape index (κ3) is 5.64. The molecule has 2 rings (SSSR count). The van der Waals surface area contributed by atoms with Crippen molar-refractivity contribution >= 4 is 5.91 Å². The van der Waals surface area contributed by atoms with Gasteiger partial charge in [-0.25, -0.2) is 0 Å². The molecule has 5 nitrogen and oxygen atoms in total. The molecular formula is C20H28N2O3. The summed E-state index contributed by atoms with van der Waals surface area (Å²) in [5, 5.41) is 3.14. The summed E-state index contributed by atoms with van der Waals surface area (Å²) in [5.41, 5.74) is 1.08. The molecule has 0 aliphatic heterocycles. The van der Waals surface area contributed by atoms with Crippen molar-refractivity contribution in [3.05, 3.63) is 53.5 Å². The molecule has 1 unspecified atom stereocenters. The first kappa shape index (κ1) is 19.1. The van der Waals surface area contributed by atoms with Crippen LogP contribution < -0.4 is 10.1 Å². The van der Waals surface area contributed by atoms with Crippen molar-refractivity contribution in [2.45, 2.75) is 33.4 Å². The molecule has 1 atom stereocenters. The Morgan fingerprint density at radius 2 is 1.88 bits per heavy atom. The molecule has 2 aromatic rings. The quantitative estimate of drug-likeness (QED) is 0.796. The highest BCUT2D eigenvalue weighted by Gasteiger charge is 2.19. The van der Waals surface area contributed by atoms with E-state index in [0.717, 1.165) is 22.8 Å². The van der Waals surface area contributed by atoms with E-state index in [1.54, 1.807) is 7.11 Å². The van der Waals surface area contributed by atoms with E-state index in [1.165, 1.54) is 0 Å². The number of hydrogen-bond donors (Lipinski definition) is 1. The maximum Gasteiger partial charge on any atom is 0.234 e. The predicted octanol–water partition coefficient (Wildman–Crippen LogP) is 3.54. The molecule has 1 heterocycles. The lowest BCUT2D eigenvalue weighted by molar-refractivity contribution is -0.123. The molecule has 1 amide bonds. The minimum absolute atomic E-state index is 0.000274. The predicted molar refractivity (Wildman–Crippen MR) is 98.5 cm³/mol. The Balaban J connectivity index is 1.94. The first-order valence-electron chi connectivity index (χ1n) is 8.56. The fraction of sp³-hybridized carbons (Fsp3) is 0.450. The third-order valence-electron chi connectivity index (χ3n) is 4.09. The topological polar surface area (TPSA) is 54.7 Å². The number of carbonyl (C=O) groups excluding carboxylic acids is 1. The summed E-state index contributed by atoms with van der Waals surface area (Å²) < 4.78 is 10.8. The minimum Gasteiger partial charge on any atom is -0.497 e. The molecule has 1 N–H and O–H groups in total. The van der Waals surface area contributed by atoms with Crippen LogP contribution in [0.15, 0.2) is 40.8 Å². The molecule has 25 heavy (non-hydrogen) atoms. The van der Waals surface area contributed by atoms with Gasteiger partial charge >= 0.3 is 0 Å². The van der Waals surface area contributed by atoms with Gasteiger partial charge in [-0.05, 0) is 49.7 Å². The lowest BCUT2D eigenvalue weighted by Gasteiger charge is -2.24. The normalized spacial score (nSPS) is 12.4. The largest absolute Gasteiger partial charge is 0.497 e. The van der Waals surface area contributed by atoms with Gasteiger partial charge < -0.3 is 14.5 Å². The van der Waals surface area contributed by atoms with Gasteiger partial charge in [0.1, 0.15) is 17.3 Å². The molecular weight excluding hydrogens is 316 g/mol. The first-order chi connectivity index (χ1) is 11.9. The highest BCUT2D eigenvalue weighted by atomic mass is 16.5. The van der Waals surface area contributed by atoms with E-state index in [0.29, 0.717) is 13.1 Å². The molecule has 0 aliphatic carbocycles. The average Bonchev–Trinajstić information content (AvgIpc) is 2.97. The van der Waals surface area contributed by atoms with Gasteiger partial charge in [0.05, 0.1) is 26.2 Å². The zero-order valence-corrected chi connectivity index (χ0v) is 15.7. The van der Waals surface area contributed by atoms with Crippen LogP contribution in [0.4, 0.5) is 0 Å². The van der Waals surface area contributed by atoms with Crippen molar-refractivity contribution < 1.29 is 13.9 Å². The van der Waals surface area contributed by atoms with Crippen LogP contribution >= 0.6 is 0 Å². The zero-order valence-electron chi connectivity index (χ0n) is 15.7. The lowest BCUT2D eigenvalue weighted by atomic mass is 9.96. The van der Waals surface area contributed by atoms with E-state index in [1.807, 2.05) is 55.3 Å². The van der Waals surface area contributed by atoms with Crippen molar-refractivity contribution in [2.75, 3.05) is 20.7 Å². The highest BCUT2D eigenvalue weighted by Crippen LogP contribution is 2.23. The first-order valence-corrected chi connectivity index (χ1v) is 8.56. The van der Waals surface area contributed by atoms with Gasteiger partial charge in [-0.15, -0.1) is 0 Å².